The molecule has 4 nitrogen and oxygen atoms in total. The summed E-state index contributed by atoms with van der Waals surface area (Å²) in [5, 5.41) is 18.4. The molecule has 0 aliphatic carbocycles. The van der Waals surface area contributed by atoms with E-state index in [2.05, 4.69) is 15.9 Å². The van der Waals surface area contributed by atoms with Gasteiger partial charge in [-0.15, -0.1) is 11.8 Å². The molecule has 0 saturated heterocycles. The first kappa shape index (κ1) is 15.2. The average molecular weight is 333 g/mol. The topological polar surface area (TPSA) is 74.6 Å². The van der Waals surface area contributed by atoms with Crippen molar-refractivity contribution in [1.29, 1.82) is 0 Å². The number of aliphatic hydroxyl groups is 1. The van der Waals surface area contributed by atoms with E-state index >= 15 is 0 Å². The maximum Gasteiger partial charge on any atom is 0.337 e. The number of benzene rings is 1. The SMILES string of the molecule is CSc1cc(C(O)C(=O)O)cc(C(Br)C(C)=O)c1. The van der Waals surface area contributed by atoms with Crippen LogP contribution in [-0.2, 0) is 9.59 Å². The van der Waals surface area contributed by atoms with Gasteiger partial charge in [0.05, 0.1) is 4.83 Å². The summed E-state index contributed by atoms with van der Waals surface area (Å²) in [6.45, 7) is 1.44. The van der Waals surface area contributed by atoms with Gasteiger partial charge in [0.1, 0.15) is 5.78 Å². The number of carboxylic acids is 1. The maximum absolute atomic E-state index is 11.3. The molecule has 0 fully saturated rings. The first-order valence-corrected chi connectivity index (χ1v) is 7.25. The smallest absolute Gasteiger partial charge is 0.337 e. The summed E-state index contributed by atoms with van der Waals surface area (Å²) in [5.74, 6) is -1.39. The van der Waals surface area contributed by atoms with E-state index in [4.69, 9.17) is 5.11 Å². The van der Waals surface area contributed by atoms with Gasteiger partial charge in [0.15, 0.2) is 6.10 Å². The summed E-state index contributed by atoms with van der Waals surface area (Å²) in [4.78, 5) is 22.4. The minimum absolute atomic E-state index is 0.0796. The molecule has 0 aromatic heterocycles. The predicted octanol–water partition coefficient (Wildman–Crippen LogP) is 2.55. The van der Waals surface area contributed by atoms with Crippen LogP contribution in [0.1, 0.15) is 29.0 Å². The lowest BCUT2D eigenvalue weighted by atomic mass is 10.0. The molecule has 0 aliphatic rings. The van der Waals surface area contributed by atoms with Gasteiger partial charge in [-0.25, -0.2) is 4.79 Å². The zero-order valence-electron chi connectivity index (χ0n) is 9.88. The van der Waals surface area contributed by atoms with Crippen LogP contribution in [0.4, 0.5) is 0 Å². The molecule has 0 amide bonds. The Kier molecular flexibility index (Phi) is 5.37. The van der Waals surface area contributed by atoms with Crippen LogP contribution in [0.15, 0.2) is 23.1 Å². The summed E-state index contributed by atoms with van der Waals surface area (Å²) in [7, 11) is 0. The first-order chi connectivity index (χ1) is 8.36. The van der Waals surface area contributed by atoms with E-state index in [1.807, 2.05) is 6.26 Å². The number of carbonyl (C=O) groups excluding carboxylic acids is 1. The highest BCUT2D eigenvalue weighted by Crippen LogP contribution is 2.30. The average Bonchev–Trinajstić information content (AvgIpc) is 2.35. The van der Waals surface area contributed by atoms with Crippen LogP contribution in [0.5, 0.6) is 0 Å². The number of aliphatic carboxylic acids is 1. The van der Waals surface area contributed by atoms with Crippen LogP contribution in [0.25, 0.3) is 0 Å². The van der Waals surface area contributed by atoms with Gasteiger partial charge in [-0.05, 0) is 36.4 Å². The number of carbonyl (C=O) groups is 2. The van der Waals surface area contributed by atoms with Crippen molar-refractivity contribution in [1.82, 2.24) is 0 Å². The fraction of sp³-hybridized carbons (Fsp3) is 0.333. The van der Waals surface area contributed by atoms with Gasteiger partial charge in [-0.3, -0.25) is 4.79 Å². The molecule has 0 heterocycles. The highest BCUT2D eigenvalue weighted by molar-refractivity contribution is 9.09. The van der Waals surface area contributed by atoms with E-state index in [-0.39, 0.29) is 11.3 Å². The van der Waals surface area contributed by atoms with Crippen LogP contribution >= 0.6 is 27.7 Å². The molecule has 6 heteroatoms. The Morgan fingerprint density at radius 2 is 1.83 bits per heavy atom. The lowest BCUT2D eigenvalue weighted by Crippen LogP contribution is -2.11. The first-order valence-electron chi connectivity index (χ1n) is 5.11. The van der Waals surface area contributed by atoms with Crippen LogP contribution < -0.4 is 0 Å². The van der Waals surface area contributed by atoms with Crippen molar-refractivity contribution in [2.45, 2.75) is 22.8 Å². The van der Waals surface area contributed by atoms with Crippen molar-refractivity contribution in [3.05, 3.63) is 29.3 Å². The van der Waals surface area contributed by atoms with Gasteiger partial charge in [-0.1, -0.05) is 22.0 Å². The van der Waals surface area contributed by atoms with Crippen molar-refractivity contribution in [2.75, 3.05) is 6.26 Å². The second-order valence-electron chi connectivity index (χ2n) is 3.75. The number of thioether (sulfide) groups is 1. The van der Waals surface area contributed by atoms with E-state index in [1.165, 1.54) is 24.8 Å². The van der Waals surface area contributed by atoms with Gasteiger partial charge < -0.3 is 10.2 Å². The largest absolute Gasteiger partial charge is 0.479 e. The molecule has 2 unspecified atom stereocenters. The monoisotopic (exact) mass is 332 g/mol. The third-order valence-electron chi connectivity index (χ3n) is 2.39. The molecule has 0 bridgehead atoms. The number of rotatable bonds is 5. The van der Waals surface area contributed by atoms with Gasteiger partial charge in [0, 0.05) is 4.90 Å². The zero-order valence-corrected chi connectivity index (χ0v) is 12.3. The molecular formula is C12H13BrO4S. The zero-order chi connectivity index (χ0) is 13.9. The molecule has 18 heavy (non-hydrogen) atoms. The third-order valence-corrected chi connectivity index (χ3v) is 4.27. The number of hydrogen-bond donors (Lipinski definition) is 2. The molecule has 98 valence electrons. The Hall–Kier alpha value is -0.850. The number of ketones is 1. The second kappa shape index (κ2) is 6.36. The molecule has 1 rings (SSSR count). The van der Waals surface area contributed by atoms with E-state index in [0.29, 0.717) is 5.56 Å². The highest BCUT2D eigenvalue weighted by Gasteiger charge is 2.20. The lowest BCUT2D eigenvalue weighted by Gasteiger charge is -2.13. The Morgan fingerprint density at radius 3 is 2.28 bits per heavy atom. The molecule has 0 spiro atoms. The third kappa shape index (κ3) is 3.57. The summed E-state index contributed by atoms with van der Waals surface area (Å²) in [6.07, 6.45) is 0.259. The predicted molar refractivity (Wildman–Crippen MR) is 73.2 cm³/mol. The molecule has 2 N–H and O–H groups in total. The lowest BCUT2D eigenvalue weighted by molar-refractivity contribution is -0.146. The summed E-state index contributed by atoms with van der Waals surface area (Å²) < 4.78 is 0. The van der Waals surface area contributed by atoms with Gasteiger partial charge in [-0.2, -0.15) is 0 Å². The number of hydrogen-bond acceptors (Lipinski definition) is 4. The molecule has 0 saturated carbocycles. The fourth-order valence-electron chi connectivity index (χ4n) is 1.45. The minimum atomic E-state index is -1.58. The van der Waals surface area contributed by atoms with Crippen LogP contribution in [-0.4, -0.2) is 28.2 Å². The Bertz CT molecular complexity index is 437. The minimum Gasteiger partial charge on any atom is -0.479 e. The van der Waals surface area contributed by atoms with E-state index < -0.39 is 16.9 Å². The van der Waals surface area contributed by atoms with Crippen molar-refractivity contribution in [3.63, 3.8) is 0 Å². The molecule has 0 aliphatic heterocycles. The second-order valence-corrected chi connectivity index (χ2v) is 5.55. The molecule has 1 aromatic rings. The normalized spacial score (nSPS) is 14.0. The Morgan fingerprint density at radius 1 is 1.28 bits per heavy atom. The number of alkyl halides is 1. The number of carboxylic acid groups (broad SMARTS) is 1. The molecule has 2 atom stereocenters. The Balaban J connectivity index is 3.25. The summed E-state index contributed by atoms with van der Waals surface area (Å²) in [6, 6.07) is 4.93. The van der Waals surface area contributed by atoms with Crippen molar-refractivity contribution in [3.8, 4) is 0 Å². The van der Waals surface area contributed by atoms with Crippen molar-refractivity contribution >= 4 is 39.4 Å². The number of halogens is 1. The van der Waals surface area contributed by atoms with Crippen molar-refractivity contribution < 1.29 is 19.8 Å². The maximum atomic E-state index is 11.3. The highest BCUT2D eigenvalue weighted by atomic mass is 79.9. The fourth-order valence-corrected chi connectivity index (χ4v) is 2.22. The summed E-state index contributed by atoms with van der Waals surface area (Å²) in [5.41, 5.74) is 0.916. The van der Waals surface area contributed by atoms with E-state index in [0.717, 1.165) is 4.90 Å². The van der Waals surface area contributed by atoms with Gasteiger partial charge in [0.25, 0.3) is 0 Å². The molecule has 1 aromatic carbocycles. The van der Waals surface area contributed by atoms with Crippen LogP contribution in [0.2, 0.25) is 0 Å². The molecular weight excluding hydrogens is 320 g/mol. The van der Waals surface area contributed by atoms with Gasteiger partial charge >= 0.3 is 5.97 Å². The number of aliphatic hydroxyl groups excluding tert-OH is 1. The van der Waals surface area contributed by atoms with Gasteiger partial charge in [0.2, 0.25) is 0 Å². The van der Waals surface area contributed by atoms with Crippen LogP contribution in [0, 0.1) is 0 Å². The van der Waals surface area contributed by atoms with Crippen LogP contribution in [0.3, 0.4) is 0 Å². The van der Waals surface area contributed by atoms with E-state index in [9.17, 15) is 14.7 Å². The standard InChI is InChI=1S/C12H13BrO4S/c1-6(14)10(13)7-3-8(11(15)12(16)17)5-9(4-7)18-2/h3-5,10-11,15H,1-2H3,(H,16,17). The number of Topliss-reactive ketones (excluding diaryl/α,β-unsaturated/α-hetero) is 1. The summed E-state index contributed by atoms with van der Waals surface area (Å²) >= 11 is 4.67. The van der Waals surface area contributed by atoms with E-state index in [1.54, 1.807) is 12.1 Å². The molecule has 0 radical (unpaired) electrons. The Labute approximate surface area is 118 Å². The quantitative estimate of drug-likeness (QED) is 0.640. The van der Waals surface area contributed by atoms with Crippen molar-refractivity contribution in [2.24, 2.45) is 0 Å².